The Morgan fingerprint density at radius 1 is 1.41 bits per heavy atom. The SMILES string of the molecule is C[C@@H](N)c1ccnc(-n2ccc(C3CC3)n2)c1. The molecule has 0 unspecified atom stereocenters. The lowest BCUT2D eigenvalue weighted by molar-refractivity contribution is 0.785. The second-order valence-electron chi connectivity index (χ2n) is 4.70. The van der Waals surface area contributed by atoms with E-state index in [-0.39, 0.29) is 6.04 Å². The van der Waals surface area contributed by atoms with E-state index < -0.39 is 0 Å². The molecule has 0 saturated heterocycles. The van der Waals surface area contributed by atoms with Crippen LogP contribution < -0.4 is 5.73 Å². The number of hydrogen-bond donors (Lipinski definition) is 1. The lowest BCUT2D eigenvalue weighted by atomic mass is 10.1. The van der Waals surface area contributed by atoms with Gasteiger partial charge in [-0.05, 0) is 43.5 Å². The minimum absolute atomic E-state index is 0.0233. The van der Waals surface area contributed by atoms with Crippen molar-refractivity contribution in [3.05, 3.63) is 41.9 Å². The molecular weight excluding hydrogens is 212 g/mol. The first-order valence-corrected chi connectivity index (χ1v) is 6.01. The number of pyridine rings is 1. The van der Waals surface area contributed by atoms with Gasteiger partial charge in [-0.2, -0.15) is 5.10 Å². The first-order chi connectivity index (χ1) is 8.24. The Hall–Kier alpha value is -1.68. The first kappa shape index (κ1) is 10.5. The van der Waals surface area contributed by atoms with Crippen molar-refractivity contribution in [2.24, 2.45) is 5.73 Å². The van der Waals surface area contributed by atoms with Crippen LogP contribution in [0.25, 0.3) is 5.82 Å². The van der Waals surface area contributed by atoms with E-state index in [9.17, 15) is 0 Å². The highest BCUT2D eigenvalue weighted by Gasteiger charge is 2.25. The monoisotopic (exact) mass is 228 g/mol. The summed E-state index contributed by atoms with van der Waals surface area (Å²) in [6, 6.07) is 6.04. The zero-order chi connectivity index (χ0) is 11.8. The van der Waals surface area contributed by atoms with Crippen LogP contribution in [0.4, 0.5) is 0 Å². The molecule has 17 heavy (non-hydrogen) atoms. The molecule has 88 valence electrons. The maximum Gasteiger partial charge on any atom is 0.153 e. The van der Waals surface area contributed by atoms with Crippen molar-refractivity contribution in [1.82, 2.24) is 14.8 Å². The molecule has 2 heterocycles. The number of nitrogens with zero attached hydrogens (tertiary/aromatic N) is 3. The second kappa shape index (κ2) is 3.96. The van der Waals surface area contributed by atoms with E-state index in [2.05, 4.69) is 16.1 Å². The summed E-state index contributed by atoms with van der Waals surface area (Å²) in [7, 11) is 0. The second-order valence-corrected chi connectivity index (χ2v) is 4.70. The fourth-order valence-electron chi connectivity index (χ4n) is 1.91. The number of hydrogen-bond acceptors (Lipinski definition) is 3. The zero-order valence-corrected chi connectivity index (χ0v) is 9.87. The third-order valence-corrected chi connectivity index (χ3v) is 3.14. The normalized spacial score (nSPS) is 17.1. The molecule has 2 aromatic heterocycles. The molecule has 0 amide bonds. The van der Waals surface area contributed by atoms with Crippen molar-refractivity contribution in [2.45, 2.75) is 31.7 Å². The molecule has 1 fully saturated rings. The van der Waals surface area contributed by atoms with Crippen molar-refractivity contribution < 1.29 is 0 Å². The van der Waals surface area contributed by atoms with Crippen molar-refractivity contribution in [3.63, 3.8) is 0 Å². The van der Waals surface area contributed by atoms with Gasteiger partial charge >= 0.3 is 0 Å². The molecule has 3 rings (SSSR count). The topological polar surface area (TPSA) is 56.7 Å². The summed E-state index contributed by atoms with van der Waals surface area (Å²) in [4.78, 5) is 4.33. The number of nitrogens with two attached hydrogens (primary N) is 1. The van der Waals surface area contributed by atoms with Crippen LogP contribution in [0.1, 0.15) is 43.0 Å². The van der Waals surface area contributed by atoms with E-state index in [1.165, 1.54) is 18.5 Å². The Labute approximate surface area is 100 Å². The molecule has 0 aliphatic heterocycles. The largest absolute Gasteiger partial charge is 0.324 e. The maximum atomic E-state index is 5.87. The van der Waals surface area contributed by atoms with E-state index in [1.54, 1.807) is 6.20 Å². The molecule has 1 saturated carbocycles. The van der Waals surface area contributed by atoms with E-state index >= 15 is 0 Å². The average molecular weight is 228 g/mol. The van der Waals surface area contributed by atoms with Gasteiger partial charge in [0.2, 0.25) is 0 Å². The summed E-state index contributed by atoms with van der Waals surface area (Å²) < 4.78 is 1.83. The molecule has 4 heteroatoms. The van der Waals surface area contributed by atoms with E-state index in [1.807, 2.05) is 29.9 Å². The Bertz CT molecular complexity index is 526. The quantitative estimate of drug-likeness (QED) is 0.875. The van der Waals surface area contributed by atoms with Gasteiger partial charge in [-0.15, -0.1) is 0 Å². The zero-order valence-electron chi connectivity index (χ0n) is 9.87. The lowest BCUT2D eigenvalue weighted by Gasteiger charge is -2.07. The van der Waals surface area contributed by atoms with Crippen LogP contribution >= 0.6 is 0 Å². The molecule has 2 N–H and O–H groups in total. The van der Waals surface area contributed by atoms with Crippen LogP contribution in [0.2, 0.25) is 0 Å². The standard InChI is InChI=1S/C13H16N4/c1-9(14)11-4-6-15-13(8-11)17-7-5-12(16-17)10-2-3-10/h4-10H,2-3,14H2,1H3/t9-/m1/s1. The molecule has 1 aliphatic rings. The third kappa shape index (κ3) is 2.08. The molecule has 2 aromatic rings. The van der Waals surface area contributed by atoms with Crippen molar-refractivity contribution in [2.75, 3.05) is 0 Å². The summed E-state index contributed by atoms with van der Waals surface area (Å²) >= 11 is 0. The van der Waals surface area contributed by atoms with E-state index in [4.69, 9.17) is 5.73 Å². The maximum absolute atomic E-state index is 5.87. The molecule has 1 atom stereocenters. The van der Waals surface area contributed by atoms with Gasteiger partial charge in [0, 0.05) is 24.4 Å². The third-order valence-electron chi connectivity index (χ3n) is 3.14. The minimum Gasteiger partial charge on any atom is -0.324 e. The molecule has 1 aliphatic carbocycles. The summed E-state index contributed by atoms with van der Waals surface area (Å²) in [5, 5.41) is 4.56. The predicted molar refractivity (Wildman–Crippen MR) is 65.9 cm³/mol. The number of aromatic nitrogens is 3. The average Bonchev–Trinajstić information content (AvgIpc) is 3.07. The Kier molecular flexibility index (Phi) is 2.44. The van der Waals surface area contributed by atoms with Crippen molar-refractivity contribution in [1.29, 1.82) is 0 Å². The van der Waals surface area contributed by atoms with Gasteiger partial charge in [-0.3, -0.25) is 0 Å². The Morgan fingerprint density at radius 2 is 2.24 bits per heavy atom. The summed E-state index contributed by atoms with van der Waals surface area (Å²) in [5.41, 5.74) is 8.13. The fourth-order valence-corrected chi connectivity index (χ4v) is 1.91. The fraction of sp³-hybridized carbons (Fsp3) is 0.385. The van der Waals surface area contributed by atoms with Crippen LogP contribution in [0.3, 0.4) is 0 Å². The van der Waals surface area contributed by atoms with Gasteiger partial charge in [0.25, 0.3) is 0 Å². The molecule has 0 bridgehead atoms. The molecule has 0 radical (unpaired) electrons. The summed E-state index contributed by atoms with van der Waals surface area (Å²) in [6.45, 7) is 1.97. The van der Waals surface area contributed by atoms with Crippen LogP contribution in [0.5, 0.6) is 0 Å². The summed E-state index contributed by atoms with van der Waals surface area (Å²) in [5.74, 6) is 1.51. The van der Waals surface area contributed by atoms with Crippen LogP contribution in [-0.4, -0.2) is 14.8 Å². The molecule has 0 spiro atoms. The van der Waals surface area contributed by atoms with Gasteiger partial charge < -0.3 is 5.73 Å². The molecule has 4 nitrogen and oxygen atoms in total. The van der Waals surface area contributed by atoms with Gasteiger partial charge in [0.15, 0.2) is 5.82 Å². The molecule has 0 aromatic carbocycles. The highest BCUT2D eigenvalue weighted by Crippen LogP contribution is 2.38. The minimum atomic E-state index is 0.0233. The van der Waals surface area contributed by atoms with Crippen LogP contribution in [-0.2, 0) is 0 Å². The van der Waals surface area contributed by atoms with Gasteiger partial charge in [-0.25, -0.2) is 9.67 Å². The predicted octanol–water partition coefficient (Wildman–Crippen LogP) is 2.16. The van der Waals surface area contributed by atoms with E-state index in [0.717, 1.165) is 11.4 Å². The number of rotatable bonds is 3. The van der Waals surface area contributed by atoms with Crippen LogP contribution in [0.15, 0.2) is 30.6 Å². The van der Waals surface area contributed by atoms with Crippen LogP contribution in [0, 0.1) is 0 Å². The molecular formula is C13H16N4. The first-order valence-electron chi connectivity index (χ1n) is 6.01. The Balaban J connectivity index is 1.93. The smallest absolute Gasteiger partial charge is 0.153 e. The highest BCUT2D eigenvalue weighted by molar-refractivity contribution is 5.29. The van der Waals surface area contributed by atoms with Gasteiger partial charge in [0.05, 0.1) is 5.69 Å². The highest BCUT2D eigenvalue weighted by atomic mass is 15.3. The van der Waals surface area contributed by atoms with Gasteiger partial charge in [0.1, 0.15) is 0 Å². The van der Waals surface area contributed by atoms with E-state index in [0.29, 0.717) is 5.92 Å². The summed E-state index contributed by atoms with van der Waals surface area (Å²) in [6.07, 6.45) is 6.29. The van der Waals surface area contributed by atoms with Gasteiger partial charge in [-0.1, -0.05) is 0 Å². The lowest BCUT2D eigenvalue weighted by Crippen LogP contribution is -2.07. The van der Waals surface area contributed by atoms with Crippen molar-refractivity contribution in [3.8, 4) is 5.82 Å². The Morgan fingerprint density at radius 3 is 2.94 bits per heavy atom. The van der Waals surface area contributed by atoms with Crippen molar-refractivity contribution >= 4 is 0 Å².